The zero-order valence-electron chi connectivity index (χ0n) is 18.4. The molecule has 0 amide bonds. The summed E-state index contributed by atoms with van der Waals surface area (Å²) in [5, 5.41) is 6.65. The zero-order chi connectivity index (χ0) is 21.9. The Morgan fingerprint density at radius 1 is 1.06 bits per heavy atom. The molecule has 0 fully saturated rings. The molecule has 0 bridgehead atoms. The molecule has 9 heteroatoms. The molecule has 0 saturated carbocycles. The third kappa shape index (κ3) is 3.03. The van der Waals surface area contributed by atoms with Crippen LogP contribution in [0.25, 0.3) is 11.2 Å². The van der Waals surface area contributed by atoms with Crippen molar-refractivity contribution in [3.63, 3.8) is 0 Å². The standard InChI is InChI=1S/C22H27N7O2/c1-14-15(2)29-18-19(25(3)22(31)26(4)20(18)30)23-21(29)28(24-14)12-11-27-10-9-16-7-5-6-8-17(16)13-27/h5-8,15H,9-13H2,1-4H3/t15-/m0/s1. The third-order valence-corrected chi connectivity index (χ3v) is 6.61. The Kier molecular flexibility index (Phi) is 4.58. The van der Waals surface area contributed by atoms with E-state index in [9.17, 15) is 9.59 Å². The zero-order valence-corrected chi connectivity index (χ0v) is 18.4. The fourth-order valence-electron chi connectivity index (χ4n) is 4.59. The highest BCUT2D eigenvalue weighted by atomic mass is 16.2. The Morgan fingerprint density at radius 3 is 2.58 bits per heavy atom. The maximum absolute atomic E-state index is 12.9. The average Bonchev–Trinajstić information content (AvgIpc) is 3.19. The third-order valence-electron chi connectivity index (χ3n) is 6.61. The van der Waals surface area contributed by atoms with Crippen LogP contribution in [0.1, 0.15) is 31.0 Å². The number of anilines is 1. The van der Waals surface area contributed by atoms with Crippen molar-refractivity contribution in [3.05, 3.63) is 56.2 Å². The molecule has 2 aromatic heterocycles. The van der Waals surface area contributed by atoms with Crippen molar-refractivity contribution in [1.82, 2.24) is 23.6 Å². The summed E-state index contributed by atoms with van der Waals surface area (Å²) in [5.74, 6) is 0.615. The summed E-state index contributed by atoms with van der Waals surface area (Å²) in [7, 11) is 3.15. The topological polar surface area (TPSA) is 80.7 Å². The number of aryl methyl sites for hydroxylation is 1. The quantitative estimate of drug-likeness (QED) is 0.636. The van der Waals surface area contributed by atoms with Crippen molar-refractivity contribution >= 4 is 22.8 Å². The summed E-state index contributed by atoms with van der Waals surface area (Å²) in [6.45, 7) is 7.40. The highest BCUT2D eigenvalue weighted by Gasteiger charge is 2.30. The summed E-state index contributed by atoms with van der Waals surface area (Å²) >= 11 is 0. The van der Waals surface area contributed by atoms with Gasteiger partial charge in [-0.25, -0.2) is 9.80 Å². The Hall–Kier alpha value is -3.20. The first-order valence-corrected chi connectivity index (χ1v) is 10.7. The van der Waals surface area contributed by atoms with Gasteiger partial charge >= 0.3 is 5.69 Å². The van der Waals surface area contributed by atoms with Gasteiger partial charge in [0.2, 0.25) is 5.95 Å². The van der Waals surface area contributed by atoms with Crippen LogP contribution in [0.5, 0.6) is 0 Å². The lowest BCUT2D eigenvalue weighted by Crippen LogP contribution is -2.40. The minimum Gasteiger partial charge on any atom is -0.297 e. The second-order valence-corrected chi connectivity index (χ2v) is 8.50. The van der Waals surface area contributed by atoms with Gasteiger partial charge in [-0.3, -0.25) is 23.4 Å². The molecule has 3 aromatic rings. The average molecular weight is 422 g/mol. The largest absolute Gasteiger partial charge is 0.332 e. The van der Waals surface area contributed by atoms with Gasteiger partial charge < -0.3 is 0 Å². The molecule has 0 N–H and O–H groups in total. The molecule has 0 radical (unpaired) electrons. The molecule has 162 valence electrons. The van der Waals surface area contributed by atoms with Gasteiger partial charge in [-0.15, -0.1) is 0 Å². The monoisotopic (exact) mass is 421 g/mol. The summed E-state index contributed by atoms with van der Waals surface area (Å²) < 4.78 is 4.50. The molecule has 4 heterocycles. The molecular weight excluding hydrogens is 394 g/mol. The van der Waals surface area contributed by atoms with Gasteiger partial charge in [-0.05, 0) is 31.4 Å². The van der Waals surface area contributed by atoms with Crippen molar-refractivity contribution in [2.75, 3.05) is 24.6 Å². The number of hydrazone groups is 1. The first-order chi connectivity index (χ1) is 14.9. The summed E-state index contributed by atoms with van der Waals surface area (Å²) in [5.41, 5.74) is 3.86. The highest BCUT2D eigenvalue weighted by molar-refractivity contribution is 5.91. The molecule has 0 aliphatic carbocycles. The number of aromatic nitrogens is 4. The Morgan fingerprint density at radius 2 is 1.81 bits per heavy atom. The van der Waals surface area contributed by atoms with Crippen molar-refractivity contribution in [1.29, 1.82) is 0 Å². The molecule has 0 spiro atoms. The van der Waals surface area contributed by atoms with Crippen LogP contribution in [0.2, 0.25) is 0 Å². The van der Waals surface area contributed by atoms with Gasteiger partial charge in [0, 0.05) is 33.7 Å². The van der Waals surface area contributed by atoms with Crippen LogP contribution >= 0.6 is 0 Å². The Bertz CT molecular complexity index is 1330. The maximum atomic E-state index is 12.9. The van der Waals surface area contributed by atoms with E-state index in [1.165, 1.54) is 22.7 Å². The van der Waals surface area contributed by atoms with Crippen molar-refractivity contribution < 1.29 is 0 Å². The van der Waals surface area contributed by atoms with Crippen LogP contribution in [-0.2, 0) is 27.1 Å². The number of hydrogen-bond donors (Lipinski definition) is 0. The van der Waals surface area contributed by atoms with E-state index < -0.39 is 0 Å². The van der Waals surface area contributed by atoms with Crippen molar-refractivity contribution in [2.24, 2.45) is 19.2 Å². The fourth-order valence-corrected chi connectivity index (χ4v) is 4.59. The minimum atomic E-state index is -0.378. The highest BCUT2D eigenvalue weighted by Crippen LogP contribution is 2.29. The minimum absolute atomic E-state index is 0.108. The SMILES string of the molecule is CC1=NN(CCN2CCc3ccccc3C2)c2nc3c(c(=O)n(C)c(=O)n3C)n2[C@H]1C. The summed E-state index contributed by atoms with van der Waals surface area (Å²) in [4.78, 5) is 32.5. The van der Waals surface area contributed by atoms with Gasteiger partial charge in [0.05, 0.1) is 18.3 Å². The fraction of sp³-hybridized carbons (Fsp3) is 0.455. The molecule has 0 saturated heterocycles. The molecule has 1 aromatic carbocycles. The van der Waals surface area contributed by atoms with E-state index in [0.29, 0.717) is 23.7 Å². The van der Waals surface area contributed by atoms with Gasteiger partial charge in [0.15, 0.2) is 11.2 Å². The number of rotatable bonds is 3. The molecule has 5 rings (SSSR count). The molecule has 9 nitrogen and oxygen atoms in total. The molecule has 1 atom stereocenters. The van der Waals surface area contributed by atoms with Crippen molar-refractivity contribution in [3.8, 4) is 0 Å². The van der Waals surface area contributed by atoms with E-state index in [1.54, 1.807) is 7.05 Å². The van der Waals surface area contributed by atoms with E-state index >= 15 is 0 Å². The number of nitrogens with zero attached hydrogens (tertiary/aromatic N) is 7. The number of hydrogen-bond acceptors (Lipinski definition) is 6. The van der Waals surface area contributed by atoms with Crippen LogP contribution in [0, 0.1) is 0 Å². The molecule has 2 aliphatic heterocycles. The lowest BCUT2D eigenvalue weighted by Gasteiger charge is -2.33. The van der Waals surface area contributed by atoms with Crippen LogP contribution in [-0.4, -0.2) is 48.9 Å². The normalized spacial score (nSPS) is 18.8. The molecule has 0 unspecified atom stereocenters. The Balaban J connectivity index is 1.49. The lowest BCUT2D eigenvalue weighted by atomic mass is 10.00. The van der Waals surface area contributed by atoms with E-state index in [-0.39, 0.29) is 17.3 Å². The molecule has 31 heavy (non-hydrogen) atoms. The maximum Gasteiger partial charge on any atom is 0.332 e. The summed E-state index contributed by atoms with van der Waals surface area (Å²) in [6, 6.07) is 8.49. The smallest absolute Gasteiger partial charge is 0.297 e. The van der Waals surface area contributed by atoms with Crippen molar-refractivity contribution in [2.45, 2.75) is 32.9 Å². The van der Waals surface area contributed by atoms with Gasteiger partial charge in [0.25, 0.3) is 5.56 Å². The first-order valence-electron chi connectivity index (χ1n) is 10.7. The van der Waals surface area contributed by atoms with Gasteiger partial charge in [-0.1, -0.05) is 24.3 Å². The first kappa shape index (κ1) is 19.7. The van der Waals surface area contributed by atoms with Crippen LogP contribution in [0.15, 0.2) is 39.0 Å². The van der Waals surface area contributed by atoms with E-state index in [1.807, 2.05) is 23.4 Å². The second-order valence-electron chi connectivity index (χ2n) is 8.50. The lowest BCUT2D eigenvalue weighted by molar-refractivity contribution is 0.258. The van der Waals surface area contributed by atoms with Crippen LogP contribution in [0.4, 0.5) is 5.95 Å². The predicted molar refractivity (Wildman–Crippen MR) is 121 cm³/mol. The number of imidazole rings is 1. The van der Waals surface area contributed by atoms with E-state index in [0.717, 1.165) is 36.3 Å². The Labute approximate surface area is 179 Å². The van der Waals surface area contributed by atoms with Gasteiger partial charge in [0.1, 0.15) is 0 Å². The van der Waals surface area contributed by atoms with Crippen LogP contribution in [0.3, 0.4) is 0 Å². The summed E-state index contributed by atoms with van der Waals surface area (Å²) in [6.07, 6.45) is 1.05. The number of fused-ring (bicyclic) bond motifs is 4. The van der Waals surface area contributed by atoms with E-state index in [4.69, 9.17) is 10.1 Å². The number of benzene rings is 1. The second kappa shape index (κ2) is 7.19. The molecular formula is C22H27N7O2. The van der Waals surface area contributed by atoms with E-state index in [2.05, 4.69) is 29.2 Å². The van der Waals surface area contributed by atoms with Gasteiger partial charge in [-0.2, -0.15) is 10.1 Å². The molecule has 2 aliphatic rings. The predicted octanol–water partition coefficient (Wildman–Crippen LogP) is 1.25. The van der Waals surface area contributed by atoms with Crippen LogP contribution < -0.4 is 16.3 Å².